The summed E-state index contributed by atoms with van der Waals surface area (Å²) in [5.74, 6) is -0.244. The van der Waals surface area contributed by atoms with E-state index in [1.54, 1.807) is 38.3 Å². The minimum atomic E-state index is -0.456. The molecule has 1 aliphatic rings. The predicted molar refractivity (Wildman–Crippen MR) is 150 cm³/mol. The maximum Gasteiger partial charge on any atom is 0.331 e. The van der Waals surface area contributed by atoms with Gasteiger partial charge in [0.2, 0.25) is 0 Å². The molecular formula is C28H34N6O5. The SMILES string of the molecule is CCn1c(=O)n(CC)c2cc(C(=O)N3CCC(n4c(=O)c5cc(C)ccc5n(CCO)c4=O)CC3)c(N)cc21. The van der Waals surface area contributed by atoms with Gasteiger partial charge in [0.05, 0.1) is 40.7 Å². The number of benzene rings is 2. The zero-order valence-corrected chi connectivity index (χ0v) is 22.5. The molecule has 1 aliphatic heterocycles. The fourth-order valence-corrected chi connectivity index (χ4v) is 5.82. The Bertz CT molecular complexity index is 1770. The Morgan fingerprint density at radius 1 is 0.923 bits per heavy atom. The summed E-state index contributed by atoms with van der Waals surface area (Å²) in [4.78, 5) is 54.8. The number of aliphatic hydroxyl groups is 1. The molecule has 0 saturated carbocycles. The van der Waals surface area contributed by atoms with Gasteiger partial charge in [0, 0.05) is 37.9 Å². The molecule has 3 heterocycles. The molecule has 3 N–H and O–H groups in total. The highest BCUT2D eigenvalue weighted by atomic mass is 16.3. The summed E-state index contributed by atoms with van der Waals surface area (Å²) in [5, 5.41) is 10.00. The molecule has 39 heavy (non-hydrogen) atoms. The van der Waals surface area contributed by atoms with Crippen molar-refractivity contribution in [1.29, 1.82) is 0 Å². The van der Waals surface area contributed by atoms with E-state index in [0.717, 1.165) is 5.56 Å². The monoisotopic (exact) mass is 534 g/mol. The number of aromatic nitrogens is 4. The number of aliphatic hydroxyl groups excluding tert-OH is 1. The fraction of sp³-hybridized carbons (Fsp3) is 0.429. The number of carbonyl (C=O) groups excluding carboxylic acids is 1. The van der Waals surface area contributed by atoms with Crippen molar-refractivity contribution in [3.05, 3.63) is 72.8 Å². The number of amides is 1. The summed E-state index contributed by atoms with van der Waals surface area (Å²) < 4.78 is 6.00. The van der Waals surface area contributed by atoms with Gasteiger partial charge < -0.3 is 15.7 Å². The molecule has 2 aromatic heterocycles. The Balaban J connectivity index is 1.46. The average molecular weight is 535 g/mol. The third-order valence-electron chi connectivity index (χ3n) is 7.82. The van der Waals surface area contributed by atoms with Crippen molar-refractivity contribution in [2.45, 2.75) is 59.3 Å². The molecule has 0 bridgehead atoms. The summed E-state index contributed by atoms with van der Waals surface area (Å²) in [6, 6.07) is 8.34. The van der Waals surface area contributed by atoms with Gasteiger partial charge in [-0.25, -0.2) is 9.59 Å². The number of anilines is 1. The molecule has 2 aromatic carbocycles. The zero-order chi connectivity index (χ0) is 28.0. The van der Waals surface area contributed by atoms with Crippen LogP contribution in [0, 0.1) is 6.92 Å². The topological polar surface area (TPSA) is 137 Å². The van der Waals surface area contributed by atoms with Crippen LogP contribution in [0.25, 0.3) is 21.9 Å². The highest BCUT2D eigenvalue weighted by molar-refractivity contribution is 6.03. The number of likely N-dealkylation sites (tertiary alicyclic amines) is 1. The first-order valence-corrected chi connectivity index (χ1v) is 13.4. The van der Waals surface area contributed by atoms with Crippen LogP contribution in [0.4, 0.5) is 5.69 Å². The number of nitrogen functional groups attached to an aromatic ring is 1. The van der Waals surface area contributed by atoms with Crippen LogP contribution < -0.4 is 22.7 Å². The first-order chi connectivity index (χ1) is 18.7. The van der Waals surface area contributed by atoms with Gasteiger partial charge in [-0.05, 0) is 57.9 Å². The van der Waals surface area contributed by atoms with Crippen molar-refractivity contribution in [2.24, 2.45) is 0 Å². The van der Waals surface area contributed by atoms with Gasteiger partial charge in [-0.2, -0.15) is 0 Å². The molecule has 0 atom stereocenters. The number of carbonyl (C=O) groups is 1. The minimum absolute atomic E-state index is 0.0837. The number of hydrogen-bond acceptors (Lipinski definition) is 6. The predicted octanol–water partition coefficient (Wildman–Crippen LogP) is 1.68. The lowest BCUT2D eigenvalue weighted by Crippen LogP contribution is -2.47. The fourth-order valence-electron chi connectivity index (χ4n) is 5.82. The van der Waals surface area contributed by atoms with E-state index in [1.807, 2.05) is 26.8 Å². The van der Waals surface area contributed by atoms with E-state index < -0.39 is 5.69 Å². The number of nitrogens with two attached hydrogens (primary N) is 1. The number of hydrogen-bond donors (Lipinski definition) is 2. The molecule has 0 radical (unpaired) electrons. The van der Waals surface area contributed by atoms with E-state index in [2.05, 4.69) is 0 Å². The van der Waals surface area contributed by atoms with E-state index in [4.69, 9.17) is 5.73 Å². The number of imidazole rings is 1. The van der Waals surface area contributed by atoms with E-state index in [9.17, 15) is 24.3 Å². The third-order valence-corrected chi connectivity index (χ3v) is 7.82. The van der Waals surface area contributed by atoms with Crippen LogP contribution in [-0.4, -0.2) is 53.9 Å². The summed E-state index contributed by atoms with van der Waals surface area (Å²) >= 11 is 0. The number of piperidine rings is 1. The standard InChI is InChI=1S/C28H34N6O5/c1-4-31-23-15-19(21(29)16-24(23)32(5-2)27(31)38)25(36)30-10-8-18(9-11-30)34-26(37)20-14-17(3)6-7-22(20)33(12-13-35)28(34)39/h6-7,14-16,18,35H,4-5,8-13,29H2,1-3H3. The number of aryl methyl sites for hydroxylation is 3. The van der Waals surface area contributed by atoms with Gasteiger partial charge in [0.1, 0.15) is 0 Å². The largest absolute Gasteiger partial charge is 0.398 e. The summed E-state index contributed by atoms with van der Waals surface area (Å²) in [7, 11) is 0. The third kappa shape index (κ3) is 4.26. The Hall–Kier alpha value is -4.12. The molecular weight excluding hydrogens is 500 g/mol. The molecule has 0 spiro atoms. The average Bonchev–Trinajstić information content (AvgIpc) is 3.19. The van der Waals surface area contributed by atoms with E-state index in [1.165, 1.54) is 9.13 Å². The van der Waals surface area contributed by atoms with Gasteiger partial charge in [0.15, 0.2) is 0 Å². The second kappa shape index (κ2) is 10.2. The quantitative estimate of drug-likeness (QED) is 0.361. The number of nitrogens with zero attached hydrogens (tertiary/aromatic N) is 5. The summed E-state index contributed by atoms with van der Waals surface area (Å²) in [6.45, 7) is 7.16. The summed E-state index contributed by atoms with van der Waals surface area (Å²) in [5.41, 5.74) is 8.76. The Labute approximate surface area is 224 Å². The minimum Gasteiger partial charge on any atom is -0.398 e. The van der Waals surface area contributed by atoms with Crippen LogP contribution in [0.2, 0.25) is 0 Å². The maximum absolute atomic E-state index is 13.5. The molecule has 206 valence electrons. The zero-order valence-electron chi connectivity index (χ0n) is 22.5. The Morgan fingerprint density at radius 2 is 1.56 bits per heavy atom. The molecule has 1 saturated heterocycles. The summed E-state index contributed by atoms with van der Waals surface area (Å²) in [6.07, 6.45) is 0.844. The van der Waals surface area contributed by atoms with Crippen LogP contribution in [0.5, 0.6) is 0 Å². The van der Waals surface area contributed by atoms with Gasteiger partial charge in [-0.3, -0.25) is 27.9 Å². The smallest absolute Gasteiger partial charge is 0.331 e. The molecule has 11 nitrogen and oxygen atoms in total. The van der Waals surface area contributed by atoms with Gasteiger partial charge in [-0.15, -0.1) is 0 Å². The number of rotatable bonds is 6. The lowest BCUT2D eigenvalue weighted by Gasteiger charge is -2.33. The highest BCUT2D eigenvalue weighted by Crippen LogP contribution is 2.27. The molecule has 4 aromatic rings. The van der Waals surface area contributed by atoms with Crippen LogP contribution in [0.3, 0.4) is 0 Å². The van der Waals surface area contributed by atoms with Crippen molar-refractivity contribution < 1.29 is 9.90 Å². The van der Waals surface area contributed by atoms with Crippen LogP contribution in [0.1, 0.15) is 48.7 Å². The first kappa shape index (κ1) is 26.5. The first-order valence-electron chi connectivity index (χ1n) is 13.4. The molecule has 11 heteroatoms. The van der Waals surface area contributed by atoms with Crippen molar-refractivity contribution >= 4 is 33.5 Å². The van der Waals surface area contributed by atoms with Crippen LogP contribution in [-0.2, 0) is 19.6 Å². The van der Waals surface area contributed by atoms with E-state index in [0.29, 0.717) is 72.2 Å². The second-order valence-corrected chi connectivity index (χ2v) is 10.1. The van der Waals surface area contributed by atoms with Crippen LogP contribution in [0.15, 0.2) is 44.7 Å². The van der Waals surface area contributed by atoms with Crippen molar-refractivity contribution in [2.75, 3.05) is 25.4 Å². The van der Waals surface area contributed by atoms with Crippen molar-refractivity contribution in [1.82, 2.24) is 23.2 Å². The second-order valence-electron chi connectivity index (χ2n) is 10.1. The van der Waals surface area contributed by atoms with E-state index >= 15 is 0 Å². The molecule has 0 aliphatic carbocycles. The van der Waals surface area contributed by atoms with E-state index in [-0.39, 0.29) is 36.3 Å². The van der Waals surface area contributed by atoms with Gasteiger partial charge in [-0.1, -0.05) is 11.6 Å². The van der Waals surface area contributed by atoms with Crippen molar-refractivity contribution in [3.63, 3.8) is 0 Å². The lowest BCUT2D eigenvalue weighted by atomic mass is 10.0. The van der Waals surface area contributed by atoms with Gasteiger partial charge >= 0.3 is 11.4 Å². The maximum atomic E-state index is 13.5. The van der Waals surface area contributed by atoms with Crippen LogP contribution >= 0.6 is 0 Å². The molecule has 1 amide bonds. The molecule has 0 unspecified atom stereocenters. The lowest BCUT2D eigenvalue weighted by molar-refractivity contribution is 0.0692. The molecule has 1 fully saturated rings. The normalized spacial score (nSPS) is 14.5. The van der Waals surface area contributed by atoms with Gasteiger partial charge in [0.25, 0.3) is 11.5 Å². The van der Waals surface area contributed by atoms with Crippen molar-refractivity contribution in [3.8, 4) is 0 Å². The number of fused-ring (bicyclic) bond motifs is 2. The highest BCUT2D eigenvalue weighted by Gasteiger charge is 2.29. The Kier molecular flexibility index (Phi) is 6.94. The molecule has 5 rings (SSSR count). The Morgan fingerprint density at radius 3 is 2.18 bits per heavy atom.